The van der Waals surface area contributed by atoms with Gasteiger partial charge in [0.05, 0.1) is 9.48 Å². The minimum atomic E-state index is -0.242. The molecule has 25 heavy (non-hydrogen) atoms. The van der Waals surface area contributed by atoms with Crippen molar-refractivity contribution >= 4 is 39.4 Å². The number of hydrogen-bond acceptors (Lipinski definition) is 2. The lowest BCUT2D eigenvalue weighted by atomic mass is 9.87. The van der Waals surface area contributed by atoms with Gasteiger partial charge in [0.25, 0.3) is 0 Å². The molecule has 0 amide bonds. The normalized spacial score (nSPS) is 12.0. The molecule has 2 aromatic carbocycles. The molecule has 3 rings (SSSR count). The Morgan fingerprint density at radius 2 is 1.60 bits per heavy atom. The molecule has 0 radical (unpaired) electrons. The fraction of sp³-hybridized carbons (Fsp3) is 0.190. The van der Waals surface area contributed by atoms with Gasteiger partial charge in [0.2, 0.25) is 0 Å². The monoisotopic (exact) mass is 415 g/mol. The van der Waals surface area contributed by atoms with Gasteiger partial charge in [-0.3, -0.25) is 0 Å². The number of benzene rings is 2. The van der Waals surface area contributed by atoms with E-state index in [4.69, 9.17) is 0 Å². The van der Waals surface area contributed by atoms with E-state index in [0.717, 1.165) is 25.6 Å². The average molecular weight is 416 g/mol. The largest absolute Gasteiger partial charge is 0.235 e. The van der Waals surface area contributed by atoms with Crippen LogP contribution in [0, 0.1) is 5.82 Å². The number of nitrogens with zero attached hydrogens (tertiary/aromatic N) is 1. The lowest BCUT2D eigenvalue weighted by Crippen LogP contribution is -2.10. The molecular weight excluding hydrogens is 397 g/mol. The van der Waals surface area contributed by atoms with Gasteiger partial charge in [-0.25, -0.2) is 9.37 Å². The molecular formula is C21H19BrFNS. The van der Waals surface area contributed by atoms with Crippen molar-refractivity contribution in [2.24, 2.45) is 0 Å². The zero-order valence-electron chi connectivity index (χ0n) is 14.4. The van der Waals surface area contributed by atoms with E-state index in [2.05, 4.69) is 72.0 Å². The first-order valence-electron chi connectivity index (χ1n) is 8.04. The zero-order valence-corrected chi connectivity index (χ0v) is 16.8. The highest BCUT2D eigenvalue weighted by atomic mass is 79.9. The summed E-state index contributed by atoms with van der Waals surface area (Å²) in [7, 11) is 0. The van der Waals surface area contributed by atoms with E-state index in [1.54, 1.807) is 23.5 Å². The maximum absolute atomic E-state index is 13.1. The molecule has 0 bridgehead atoms. The molecule has 1 aromatic heterocycles. The van der Waals surface area contributed by atoms with E-state index < -0.39 is 0 Å². The molecule has 128 valence electrons. The van der Waals surface area contributed by atoms with Gasteiger partial charge in [0, 0.05) is 5.56 Å². The highest BCUT2D eigenvalue weighted by Crippen LogP contribution is 2.34. The molecule has 1 heterocycles. The summed E-state index contributed by atoms with van der Waals surface area (Å²) < 4.78 is 14.0. The maximum atomic E-state index is 13.1. The second kappa shape index (κ2) is 7.22. The lowest BCUT2D eigenvalue weighted by Gasteiger charge is -2.18. The maximum Gasteiger partial charge on any atom is 0.123 e. The van der Waals surface area contributed by atoms with Crippen LogP contribution in [0.2, 0.25) is 0 Å². The third-order valence-electron chi connectivity index (χ3n) is 3.92. The smallest absolute Gasteiger partial charge is 0.123 e. The highest BCUT2D eigenvalue weighted by Gasteiger charge is 2.12. The van der Waals surface area contributed by atoms with Crippen LogP contribution in [0.15, 0.2) is 52.3 Å². The molecule has 0 aliphatic heterocycles. The third-order valence-corrected chi connectivity index (χ3v) is 5.59. The first-order chi connectivity index (χ1) is 11.8. The van der Waals surface area contributed by atoms with Crippen LogP contribution in [-0.4, -0.2) is 4.98 Å². The van der Waals surface area contributed by atoms with Crippen molar-refractivity contribution in [2.75, 3.05) is 0 Å². The topological polar surface area (TPSA) is 12.9 Å². The van der Waals surface area contributed by atoms with Crippen LogP contribution in [0.1, 0.15) is 36.9 Å². The molecule has 0 atom stereocenters. The first-order valence-corrected chi connectivity index (χ1v) is 9.65. The summed E-state index contributed by atoms with van der Waals surface area (Å²) in [5.74, 6) is -0.242. The van der Waals surface area contributed by atoms with E-state index in [1.165, 1.54) is 17.7 Å². The van der Waals surface area contributed by atoms with E-state index in [-0.39, 0.29) is 11.2 Å². The van der Waals surface area contributed by atoms with E-state index >= 15 is 0 Å². The molecule has 3 aromatic rings. The minimum Gasteiger partial charge on any atom is -0.235 e. The third kappa shape index (κ3) is 4.44. The Hall–Kier alpha value is -1.78. The molecule has 1 nitrogen and oxygen atoms in total. The van der Waals surface area contributed by atoms with Crippen LogP contribution in [-0.2, 0) is 5.41 Å². The van der Waals surface area contributed by atoms with Crippen molar-refractivity contribution in [2.45, 2.75) is 26.2 Å². The molecule has 0 spiro atoms. The zero-order chi connectivity index (χ0) is 18.0. The van der Waals surface area contributed by atoms with Gasteiger partial charge in [-0.2, -0.15) is 0 Å². The SMILES string of the molecule is CC(C)(C)c1ccc(/C=C/c2nc(-c3ccc(F)cc3)c(Br)s2)cc1. The van der Waals surface area contributed by atoms with Crippen LogP contribution >= 0.6 is 27.3 Å². The van der Waals surface area contributed by atoms with E-state index in [1.807, 2.05) is 6.08 Å². The van der Waals surface area contributed by atoms with Crippen LogP contribution in [0.3, 0.4) is 0 Å². The predicted molar refractivity (Wildman–Crippen MR) is 109 cm³/mol. The second-order valence-electron chi connectivity index (χ2n) is 6.89. The van der Waals surface area contributed by atoms with Crippen molar-refractivity contribution < 1.29 is 4.39 Å². The highest BCUT2D eigenvalue weighted by molar-refractivity contribution is 9.11. The Labute approximate surface area is 160 Å². The van der Waals surface area contributed by atoms with Crippen molar-refractivity contribution in [3.8, 4) is 11.3 Å². The number of aromatic nitrogens is 1. The summed E-state index contributed by atoms with van der Waals surface area (Å²) in [6, 6.07) is 15.0. The fourth-order valence-electron chi connectivity index (χ4n) is 2.44. The first kappa shape index (κ1) is 18.0. The van der Waals surface area contributed by atoms with Crippen molar-refractivity contribution in [3.05, 3.63) is 74.3 Å². The molecule has 0 aliphatic carbocycles. The summed E-state index contributed by atoms with van der Waals surface area (Å²) in [6.07, 6.45) is 4.07. The second-order valence-corrected chi connectivity index (χ2v) is 9.24. The number of halogens is 2. The van der Waals surface area contributed by atoms with Gasteiger partial charge in [0.1, 0.15) is 10.8 Å². The molecule has 0 N–H and O–H groups in total. The van der Waals surface area contributed by atoms with Crippen molar-refractivity contribution in [1.82, 2.24) is 4.98 Å². The molecule has 0 saturated carbocycles. The van der Waals surface area contributed by atoms with Gasteiger partial charge in [0.15, 0.2) is 0 Å². The Morgan fingerprint density at radius 3 is 2.20 bits per heavy atom. The number of hydrogen-bond donors (Lipinski definition) is 0. The Kier molecular flexibility index (Phi) is 5.21. The molecule has 0 fully saturated rings. The summed E-state index contributed by atoms with van der Waals surface area (Å²) in [5, 5.41) is 0.908. The number of thiazole rings is 1. The molecule has 0 unspecified atom stereocenters. The predicted octanol–water partition coefficient (Wildman–Crippen LogP) is 7.18. The molecule has 0 saturated heterocycles. The summed E-state index contributed by atoms with van der Waals surface area (Å²) in [6.45, 7) is 6.63. The van der Waals surface area contributed by atoms with Crippen LogP contribution in [0.25, 0.3) is 23.4 Å². The Balaban J connectivity index is 1.80. The van der Waals surface area contributed by atoms with Gasteiger partial charge < -0.3 is 0 Å². The molecule has 0 aliphatic rings. The van der Waals surface area contributed by atoms with Crippen LogP contribution < -0.4 is 0 Å². The summed E-state index contributed by atoms with van der Waals surface area (Å²) in [5.41, 5.74) is 4.36. The fourth-order valence-corrected chi connectivity index (χ4v) is 3.97. The van der Waals surface area contributed by atoms with E-state index in [0.29, 0.717) is 0 Å². The van der Waals surface area contributed by atoms with E-state index in [9.17, 15) is 4.39 Å². The average Bonchev–Trinajstić information content (AvgIpc) is 2.94. The van der Waals surface area contributed by atoms with Crippen molar-refractivity contribution in [1.29, 1.82) is 0 Å². The molecule has 4 heteroatoms. The van der Waals surface area contributed by atoms with Gasteiger partial charge >= 0.3 is 0 Å². The van der Waals surface area contributed by atoms with Gasteiger partial charge in [-0.1, -0.05) is 51.1 Å². The Bertz CT molecular complexity index is 887. The van der Waals surface area contributed by atoms with Crippen molar-refractivity contribution in [3.63, 3.8) is 0 Å². The Morgan fingerprint density at radius 1 is 0.960 bits per heavy atom. The summed E-state index contributed by atoms with van der Waals surface area (Å²) >= 11 is 5.12. The summed E-state index contributed by atoms with van der Waals surface area (Å²) in [4.78, 5) is 4.64. The number of rotatable bonds is 3. The standard InChI is InChI=1S/C21H19BrFNS/c1-21(2,3)16-9-4-14(5-10-16)6-13-18-24-19(20(22)25-18)15-7-11-17(23)12-8-15/h4-13H,1-3H3/b13-6+. The van der Waals surface area contributed by atoms with Gasteiger partial charge in [-0.15, -0.1) is 11.3 Å². The lowest BCUT2D eigenvalue weighted by molar-refractivity contribution is 0.590. The van der Waals surface area contributed by atoms with Gasteiger partial charge in [-0.05, 0) is 62.8 Å². The quantitative estimate of drug-likeness (QED) is 0.441. The minimum absolute atomic E-state index is 0.159. The van der Waals surface area contributed by atoms with Crippen LogP contribution in [0.4, 0.5) is 4.39 Å². The van der Waals surface area contributed by atoms with Crippen LogP contribution in [0.5, 0.6) is 0 Å².